The van der Waals surface area contributed by atoms with Crippen LogP contribution in [0.2, 0.25) is 0 Å². The van der Waals surface area contributed by atoms with E-state index in [1.165, 1.54) is 0 Å². The summed E-state index contributed by atoms with van der Waals surface area (Å²) in [5.74, 6) is 0. The van der Waals surface area contributed by atoms with Crippen LogP contribution < -0.4 is 10.9 Å². The van der Waals surface area contributed by atoms with Crippen molar-refractivity contribution in [1.82, 2.24) is 6.15 Å². The van der Waals surface area contributed by atoms with Crippen molar-refractivity contribution in [2.24, 2.45) is 0 Å². The molecule has 0 amide bonds. The maximum atomic E-state index is 9.91. The van der Waals surface area contributed by atoms with Crippen LogP contribution in [0.15, 0.2) is 0 Å². The molecule has 0 saturated heterocycles. The van der Waals surface area contributed by atoms with Crippen LogP contribution in [0, 0.1) is 0 Å². The van der Waals surface area contributed by atoms with Gasteiger partial charge in [0.15, 0.2) is 0 Å². The van der Waals surface area contributed by atoms with Crippen LogP contribution in [0.5, 0.6) is 0 Å². The van der Waals surface area contributed by atoms with Gasteiger partial charge in [0.25, 0.3) is 0 Å². The molecule has 4 N–H and O–H groups in total. The summed E-state index contributed by atoms with van der Waals surface area (Å²) >= 11 is -9.19. The summed E-state index contributed by atoms with van der Waals surface area (Å²) in [5, 5.41) is 0. The summed E-state index contributed by atoms with van der Waals surface area (Å²) in [5.41, 5.74) is 0. The number of rotatable bonds is 0. The fourth-order valence-corrected chi connectivity index (χ4v) is 0. The molecule has 0 fully saturated rings. The molecule has 0 bridgehead atoms. The van der Waals surface area contributed by atoms with Crippen molar-refractivity contribution in [1.29, 1.82) is 0 Å². The maximum Gasteiger partial charge on any atom is -0.369 e. The third-order valence-electron chi connectivity index (χ3n) is 0. The van der Waals surface area contributed by atoms with E-state index >= 15 is 0 Å². The van der Waals surface area contributed by atoms with Crippen LogP contribution >= 0.6 is 0 Å². The minimum absolute atomic E-state index is 0. The van der Waals surface area contributed by atoms with Gasteiger partial charge in [0, 0.05) is 0 Å². The van der Waals surface area contributed by atoms with E-state index in [1.54, 1.807) is 0 Å². The van der Waals surface area contributed by atoms with Crippen molar-refractivity contribution in [2.45, 2.75) is 0 Å². The Bertz CT molecular complexity index is 41.7. The Hall–Kier alpha value is 0.280. The topological polar surface area (TPSA) is 36.5 Å². The van der Waals surface area contributed by atoms with E-state index in [0.717, 1.165) is 0 Å². The summed E-state index contributed by atoms with van der Waals surface area (Å²) < 4.78 is 49.6. The van der Waals surface area contributed by atoms with Gasteiger partial charge in [-0.25, -0.2) is 0 Å². The van der Waals surface area contributed by atoms with E-state index in [-0.39, 0.29) is 10.9 Å². The van der Waals surface area contributed by atoms with Crippen molar-refractivity contribution in [3.05, 3.63) is 0 Å². The first-order valence-corrected chi connectivity index (χ1v) is 5.00. The largest absolute Gasteiger partial charge is 0.369 e. The van der Waals surface area contributed by atoms with Gasteiger partial charge in [0.05, 0.1) is 0 Å². The predicted octanol–water partition coefficient (Wildman–Crippen LogP) is -0.521. The fourth-order valence-electron chi connectivity index (χ4n) is 0. The third kappa shape index (κ3) is 2230. The van der Waals surface area contributed by atoms with E-state index in [0.29, 0.717) is 0 Å². The zero-order chi connectivity index (χ0) is 5.45. The Kier molecular flexibility index (Phi) is 5.35. The molecule has 0 aliphatic rings. The third-order valence-corrected chi connectivity index (χ3v) is 0. The Morgan fingerprint density at radius 2 is 0.750 bits per heavy atom. The molecule has 0 atom stereocenters. The minimum Gasteiger partial charge on any atom is -0.369 e. The zero-order valence-corrected chi connectivity index (χ0v) is 5.91. The van der Waals surface area contributed by atoms with E-state index < -0.39 is 18.5 Å². The predicted molar refractivity (Wildman–Crippen MR) is 11.5 cm³/mol. The summed E-state index contributed by atoms with van der Waals surface area (Å²) in [4.78, 5) is 0. The average Bonchev–Trinajstić information content (AvgIpc) is 0.650. The van der Waals surface area contributed by atoms with E-state index in [1.807, 2.05) is 0 Å². The second-order valence-electron chi connectivity index (χ2n) is 0.639. The molecule has 0 aromatic rings. The van der Waals surface area contributed by atoms with E-state index in [2.05, 4.69) is 0 Å². The number of quaternary nitrogens is 1. The van der Waals surface area contributed by atoms with Crippen LogP contribution in [0.1, 0.15) is 0 Å². The quantitative estimate of drug-likeness (QED) is 0.425. The molecule has 56 valence electrons. The van der Waals surface area contributed by atoms with E-state index in [9.17, 15) is 15.1 Å². The number of hydrogen-bond donors (Lipinski definition) is 1. The molecule has 0 saturated carbocycles. The number of halogens is 6. The molecular formula is H4F6NNb. The minimum atomic E-state index is -9.19. The van der Waals surface area contributed by atoms with Gasteiger partial charge < -0.3 is 10.9 Å². The van der Waals surface area contributed by atoms with Gasteiger partial charge in [0.2, 0.25) is 0 Å². The SMILES string of the molecule is [F-].[F][Nb]([F])([F])([F])[F].[NH4+]. The summed E-state index contributed by atoms with van der Waals surface area (Å²) in [6.45, 7) is 0. The molecule has 0 aliphatic carbocycles. The van der Waals surface area contributed by atoms with Gasteiger partial charge >= 0.3 is 33.7 Å². The first kappa shape index (κ1) is 15.7. The van der Waals surface area contributed by atoms with Crippen LogP contribution in [-0.2, 0) is 18.5 Å². The standard InChI is InChI=1S/6FH.H3N.Nb/h6*1H;1H3;/q;;;;;;;+5/p-5. The van der Waals surface area contributed by atoms with Gasteiger partial charge in [-0.3, -0.25) is 0 Å². The Balaban J connectivity index is -0.000000125. The van der Waals surface area contributed by atoms with Gasteiger partial charge in [0.1, 0.15) is 0 Å². The molecule has 1 nitrogen and oxygen atoms in total. The van der Waals surface area contributed by atoms with Gasteiger partial charge in [-0.2, -0.15) is 0 Å². The smallest absolute Gasteiger partial charge is 0.369 e. The number of hydrogen-bond acceptors (Lipinski definition) is 0. The van der Waals surface area contributed by atoms with Crippen LogP contribution in [0.25, 0.3) is 0 Å². The Morgan fingerprint density at radius 3 is 0.750 bits per heavy atom. The first-order chi connectivity index (χ1) is 2.24. The first-order valence-electron chi connectivity index (χ1n) is 0.845. The Labute approximate surface area is 45.3 Å². The molecule has 0 aromatic carbocycles. The van der Waals surface area contributed by atoms with Crippen LogP contribution in [0.3, 0.4) is 0 Å². The Morgan fingerprint density at radius 1 is 0.750 bits per heavy atom. The summed E-state index contributed by atoms with van der Waals surface area (Å²) in [6.07, 6.45) is 0. The van der Waals surface area contributed by atoms with Crippen LogP contribution in [-0.4, -0.2) is 0 Å². The molecule has 0 heterocycles. The molecule has 0 spiro atoms. The maximum absolute atomic E-state index is 9.91. The van der Waals surface area contributed by atoms with Crippen LogP contribution in [0.4, 0.5) is 15.1 Å². The molecule has 0 radical (unpaired) electrons. The van der Waals surface area contributed by atoms with Gasteiger partial charge in [-0.15, -0.1) is 0 Å². The van der Waals surface area contributed by atoms with Gasteiger partial charge in [-0.1, -0.05) is 0 Å². The average molecular weight is 225 g/mol. The second kappa shape index (κ2) is 2.72. The fraction of sp³-hybridized carbons (Fsp3) is 0. The van der Waals surface area contributed by atoms with E-state index in [4.69, 9.17) is 0 Å². The molecule has 0 rings (SSSR count). The summed E-state index contributed by atoms with van der Waals surface area (Å²) in [7, 11) is 0. The molecule has 8 heteroatoms. The normalized spacial score (nSPS) is 14.4. The van der Waals surface area contributed by atoms with Gasteiger partial charge in [-0.05, 0) is 0 Å². The molecule has 0 unspecified atom stereocenters. The van der Waals surface area contributed by atoms with Crippen molar-refractivity contribution in [2.75, 3.05) is 0 Å². The van der Waals surface area contributed by atoms with Crippen molar-refractivity contribution in [3.8, 4) is 0 Å². The van der Waals surface area contributed by atoms with Crippen molar-refractivity contribution < 1.29 is 38.4 Å². The monoisotopic (exact) mass is 225 g/mol. The van der Waals surface area contributed by atoms with Crippen molar-refractivity contribution in [3.63, 3.8) is 0 Å². The van der Waals surface area contributed by atoms with Crippen molar-refractivity contribution >= 4 is 0 Å². The molecule has 0 aliphatic heterocycles. The molecule has 0 aromatic heterocycles. The second-order valence-corrected chi connectivity index (χ2v) is 3.78. The summed E-state index contributed by atoms with van der Waals surface area (Å²) in [6, 6.07) is 0. The molecule has 8 heavy (non-hydrogen) atoms. The molecular weight excluding hydrogens is 221 g/mol. The zero-order valence-electron chi connectivity index (χ0n) is 3.72.